The lowest BCUT2D eigenvalue weighted by Gasteiger charge is -2.27. The molecule has 2 atom stereocenters. The molecule has 39 heavy (non-hydrogen) atoms. The van der Waals surface area contributed by atoms with E-state index in [4.69, 9.17) is 4.74 Å². The second-order valence-corrected chi connectivity index (χ2v) is 10.9. The van der Waals surface area contributed by atoms with Gasteiger partial charge in [0.25, 0.3) is 0 Å². The van der Waals surface area contributed by atoms with E-state index in [1.54, 1.807) is 4.68 Å². The van der Waals surface area contributed by atoms with Gasteiger partial charge < -0.3 is 20.7 Å². The molecular weight excluding hydrogens is 496 g/mol. The summed E-state index contributed by atoms with van der Waals surface area (Å²) >= 11 is 0. The second-order valence-electron chi connectivity index (χ2n) is 10.9. The number of carbonyl (C=O) groups is 3. The molecule has 0 radical (unpaired) electrons. The third kappa shape index (κ3) is 16.4. The lowest BCUT2D eigenvalue weighted by molar-refractivity contribution is -0.129. The van der Waals surface area contributed by atoms with Gasteiger partial charge in [-0.25, -0.2) is 4.68 Å². The van der Waals surface area contributed by atoms with E-state index in [9.17, 15) is 14.4 Å². The summed E-state index contributed by atoms with van der Waals surface area (Å²) in [5.41, 5.74) is 0.190. The van der Waals surface area contributed by atoms with Crippen LogP contribution >= 0.6 is 0 Å². The molecule has 10 nitrogen and oxygen atoms in total. The highest BCUT2D eigenvalue weighted by atomic mass is 16.5. The predicted molar refractivity (Wildman–Crippen MR) is 158 cm³/mol. The smallest absolute Gasteiger partial charge is 0.237 e. The predicted octanol–water partition coefficient (Wildman–Crippen LogP) is 4.38. The van der Waals surface area contributed by atoms with E-state index in [2.05, 4.69) is 40.1 Å². The van der Waals surface area contributed by atoms with Crippen LogP contribution in [-0.4, -0.2) is 63.4 Å². The Morgan fingerprint density at radius 1 is 1.05 bits per heavy atom. The topological polar surface area (TPSA) is 127 Å². The number of rotatable bonds is 15. The van der Waals surface area contributed by atoms with Crippen molar-refractivity contribution in [3.05, 3.63) is 11.9 Å². The van der Waals surface area contributed by atoms with Crippen molar-refractivity contribution in [2.45, 2.75) is 139 Å². The molecule has 1 aromatic rings. The summed E-state index contributed by atoms with van der Waals surface area (Å²) in [5.74, 6) is -0.542. The standard InChI is InChI=1S/C25H46N6O4.2C2H6/c1-10-26-20(23(34)28-22(17(2)3)18(4)32)11-12-21(33)27-15-19-16-31(30-29-19)25(8,9)13-14-35-24(5,6)7;2*1-2/h16-17,20,22,26H,10-15H2,1-9H3,(H,27,33)(H,28,34);2*1-2H3. The number of nitrogens with one attached hydrogen (secondary N) is 3. The van der Waals surface area contributed by atoms with Crippen LogP contribution in [0.25, 0.3) is 0 Å². The second kappa shape index (κ2) is 19.7. The number of likely N-dealkylation sites (N-methyl/N-ethyl adjacent to an activating group) is 1. The van der Waals surface area contributed by atoms with Crippen LogP contribution in [0.1, 0.15) is 115 Å². The fraction of sp³-hybridized carbons (Fsp3) is 0.828. The summed E-state index contributed by atoms with van der Waals surface area (Å²) in [6, 6.07) is -1.09. The van der Waals surface area contributed by atoms with E-state index in [0.717, 1.165) is 6.42 Å². The minimum Gasteiger partial charge on any atom is -0.376 e. The molecule has 0 saturated carbocycles. The van der Waals surface area contributed by atoms with Gasteiger partial charge in [0.05, 0.1) is 36.0 Å². The fourth-order valence-corrected chi connectivity index (χ4v) is 3.51. The summed E-state index contributed by atoms with van der Waals surface area (Å²) in [6.07, 6.45) is 3.09. The zero-order valence-electron chi connectivity index (χ0n) is 27.0. The van der Waals surface area contributed by atoms with Crippen LogP contribution < -0.4 is 16.0 Å². The van der Waals surface area contributed by atoms with Gasteiger partial charge in [0, 0.05) is 13.0 Å². The van der Waals surface area contributed by atoms with Crippen LogP contribution in [0, 0.1) is 5.92 Å². The zero-order chi connectivity index (χ0) is 30.8. The summed E-state index contributed by atoms with van der Waals surface area (Å²) < 4.78 is 7.63. The van der Waals surface area contributed by atoms with Crippen LogP contribution in [0.3, 0.4) is 0 Å². The molecule has 2 amide bonds. The lowest BCUT2D eigenvalue weighted by Crippen LogP contribution is -2.51. The third-order valence-corrected chi connectivity index (χ3v) is 5.71. The Balaban J connectivity index is 0. The molecule has 1 heterocycles. The average molecular weight is 555 g/mol. The van der Waals surface area contributed by atoms with E-state index in [1.807, 2.05) is 75.4 Å². The SMILES string of the molecule is CC.CC.CCNC(CCC(=O)NCc1cn(C(C)(C)CCOC(C)(C)C)nn1)C(=O)NC(C(C)=O)C(C)C. The number of aromatic nitrogens is 3. The minimum absolute atomic E-state index is 0.00793. The van der Waals surface area contributed by atoms with Crippen molar-refractivity contribution in [3.63, 3.8) is 0 Å². The molecular formula is C29H58N6O4. The van der Waals surface area contributed by atoms with Crippen LogP contribution in [0.5, 0.6) is 0 Å². The molecule has 0 saturated heterocycles. The number of carbonyl (C=O) groups excluding carboxylic acids is 3. The van der Waals surface area contributed by atoms with Crippen LogP contribution in [0.15, 0.2) is 6.20 Å². The molecule has 0 bridgehead atoms. The largest absolute Gasteiger partial charge is 0.376 e. The molecule has 0 aliphatic heterocycles. The minimum atomic E-state index is -0.552. The number of nitrogens with zero attached hydrogens (tertiary/aromatic N) is 3. The molecule has 0 aliphatic rings. The Morgan fingerprint density at radius 3 is 2.13 bits per heavy atom. The zero-order valence-corrected chi connectivity index (χ0v) is 27.0. The van der Waals surface area contributed by atoms with Gasteiger partial charge in [-0.3, -0.25) is 14.4 Å². The van der Waals surface area contributed by atoms with Crippen LogP contribution in [0.4, 0.5) is 0 Å². The Bertz CT molecular complexity index is 830. The van der Waals surface area contributed by atoms with Crippen molar-refractivity contribution in [3.8, 4) is 0 Å². The van der Waals surface area contributed by atoms with E-state index in [-0.39, 0.29) is 47.6 Å². The van der Waals surface area contributed by atoms with Gasteiger partial charge in [-0.05, 0) is 66.8 Å². The fourth-order valence-electron chi connectivity index (χ4n) is 3.51. The number of ketones is 1. The molecule has 2 unspecified atom stereocenters. The molecule has 10 heteroatoms. The lowest BCUT2D eigenvalue weighted by atomic mass is 9.99. The first-order chi connectivity index (χ1) is 18.2. The summed E-state index contributed by atoms with van der Waals surface area (Å²) in [7, 11) is 0. The van der Waals surface area contributed by atoms with Gasteiger partial charge in [-0.1, -0.05) is 53.7 Å². The first-order valence-electron chi connectivity index (χ1n) is 14.5. The van der Waals surface area contributed by atoms with E-state index >= 15 is 0 Å². The number of Topliss-reactive ketones (excluding diaryl/α,β-unsaturated/α-hetero) is 1. The van der Waals surface area contributed by atoms with Crippen molar-refractivity contribution in [1.82, 2.24) is 30.9 Å². The molecule has 0 fully saturated rings. The first kappa shape index (κ1) is 38.8. The van der Waals surface area contributed by atoms with Crippen molar-refractivity contribution in [2.24, 2.45) is 5.92 Å². The number of amides is 2. The highest BCUT2D eigenvalue weighted by molar-refractivity contribution is 5.90. The van der Waals surface area contributed by atoms with E-state index < -0.39 is 12.1 Å². The maximum atomic E-state index is 12.7. The van der Waals surface area contributed by atoms with Gasteiger partial charge in [0.1, 0.15) is 5.69 Å². The quantitative estimate of drug-likeness (QED) is 0.294. The number of hydrogen-bond acceptors (Lipinski definition) is 7. The maximum absolute atomic E-state index is 12.7. The highest BCUT2D eigenvalue weighted by Gasteiger charge is 2.26. The van der Waals surface area contributed by atoms with Gasteiger partial charge >= 0.3 is 0 Å². The van der Waals surface area contributed by atoms with Crippen molar-refractivity contribution < 1.29 is 19.1 Å². The molecule has 0 spiro atoms. The number of ether oxygens (including phenoxy) is 1. The van der Waals surface area contributed by atoms with Crippen molar-refractivity contribution >= 4 is 17.6 Å². The monoisotopic (exact) mass is 554 g/mol. The molecule has 3 N–H and O–H groups in total. The molecule has 0 aliphatic carbocycles. The van der Waals surface area contributed by atoms with Crippen molar-refractivity contribution in [1.29, 1.82) is 0 Å². The molecule has 1 aromatic heterocycles. The molecule has 0 aromatic carbocycles. The Morgan fingerprint density at radius 2 is 1.64 bits per heavy atom. The normalized spacial score (nSPS) is 12.9. The molecule has 228 valence electrons. The van der Waals surface area contributed by atoms with Crippen LogP contribution in [-0.2, 0) is 31.2 Å². The summed E-state index contributed by atoms with van der Waals surface area (Å²) in [5, 5.41) is 17.2. The van der Waals surface area contributed by atoms with Gasteiger partial charge in [-0.15, -0.1) is 5.10 Å². The first-order valence-corrected chi connectivity index (χ1v) is 14.5. The van der Waals surface area contributed by atoms with Crippen LogP contribution in [0.2, 0.25) is 0 Å². The molecule has 1 rings (SSSR count). The van der Waals surface area contributed by atoms with E-state index in [1.165, 1.54) is 6.92 Å². The third-order valence-electron chi connectivity index (χ3n) is 5.71. The Kier molecular flexibility index (Phi) is 19.6. The number of hydrogen-bond donors (Lipinski definition) is 3. The van der Waals surface area contributed by atoms with Crippen molar-refractivity contribution in [2.75, 3.05) is 13.2 Å². The summed E-state index contributed by atoms with van der Waals surface area (Å²) in [6.45, 7) is 26.8. The van der Waals surface area contributed by atoms with Gasteiger partial charge in [-0.2, -0.15) is 0 Å². The van der Waals surface area contributed by atoms with Gasteiger partial charge in [0.15, 0.2) is 5.78 Å². The summed E-state index contributed by atoms with van der Waals surface area (Å²) in [4.78, 5) is 36.9. The Hall–Kier alpha value is -2.33. The average Bonchev–Trinajstić information content (AvgIpc) is 3.35. The maximum Gasteiger partial charge on any atom is 0.237 e. The Labute approximate surface area is 237 Å². The highest BCUT2D eigenvalue weighted by Crippen LogP contribution is 2.20. The van der Waals surface area contributed by atoms with Gasteiger partial charge in [0.2, 0.25) is 11.8 Å². The van der Waals surface area contributed by atoms with E-state index in [0.29, 0.717) is 25.3 Å².